The van der Waals surface area contributed by atoms with Gasteiger partial charge in [0, 0.05) is 45.6 Å². The number of nitrogens with one attached hydrogen (secondary N) is 1. The van der Waals surface area contributed by atoms with E-state index < -0.39 is 11.7 Å². The maximum Gasteiger partial charge on any atom is 0.407 e. The van der Waals surface area contributed by atoms with Gasteiger partial charge in [0.2, 0.25) is 11.8 Å². The van der Waals surface area contributed by atoms with Crippen LogP contribution in [0.3, 0.4) is 0 Å². The molecule has 1 aliphatic rings. The molecule has 1 heterocycles. The molecule has 31 heavy (non-hydrogen) atoms. The fraction of sp³-hybridized carbons (Fsp3) is 0.609. The lowest BCUT2D eigenvalue weighted by Gasteiger charge is -2.23. The molecule has 8 heteroatoms. The highest BCUT2D eigenvalue weighted by Gasteiger charge is 2.22. The third kappa shape index (κ3) is 8.86. The Morgan fingerprint density at radius 3 is 2.06 bits per heavy atom. The van der Waals surface area contributed by atoms with Crippen molar-refractivity contribution in [2.24, 2.45) is 0 Å². The van der Waals surface area contributed by atoms with Crippen LogP contribution in [0.15, 0.2) is 24.3 Å². The molecule has 0 saturated carbocycles. The lowest BCUT2D eigenvalue weighted by molar-refractivity contribution is -0.133. The Balaban J connectivity index is 1.72. The highest BCUT2D eigenvalue weighted by Crippen LogP contribution is 2.14. The molecule has 172 valence electrons. The van der Waals surface area contributed by atoms with Gasteiger partial charge in [-0.15, -0.1) is 0 Å². The number of rotatable bonds is 7. The lowest BCUT2D eigenvalue weighted by atomic mass is 10.1. The minimum atomic E-state index is -0.567. The summed E-state index contributed by atoms with van der Waals surface area (Å²) in [5, 5.41) is 2.61. The average molecular weight is 434 g/mol. The van der Waals surface area contributed by atoms with Gasteiger partial charge < -0.3 is 24.6 Å². The summed E-state index contributed by atoms with van der Waals surface area (Å²) in [6.45, 7) is 7.92. The van der Waals surface area contributed by atoms with E-state index in [9.17, 15) is 14.4 Å². The van der Waals surface area contributed by atoms with E-state index in [1.54, 1.807) is 32.8 Å². The van der Waals surface area contributed by atoms with Gasteiger partial charge >= 0.3 is 6.09 Å². The first-order valence-corrected chi connectivity index (χ1v) is 10.8. The van der Waals surface area contributed by atoms with Crippen molar-refractivity contribution in [2.45, 2.75) is 52.1 Å². The van der Waals surface area contributed by atoms with Gasteiger partial charge in [0.25, 0.3) is 0 Å². The summed E-state index contributed by atoms with van der Waals surface area (Å²) in [5.41, 5.74) is 0.528. The van der Waals surface area contributed by atoms with Crippen LogP contribution in [0.25, 0.3) is 0 Å². The van der Waals surface area contributed by atoms with E-state index in [-0.39, 0.29) is 24.8 Å². The van der Waals surface area contributed by atoms with Crippen molar-refractivity contribution < 1.29 is 23.9 Å². The molecule has 0 aliphatic carbocycles. The molecule has 0 atom stereocenters. The Kier molecular flexibility index (Phi) is 9.15. The second kappa shape index (κ2) is 11.6. The molecule has 0 aromatic heterocycles. The molecule has 0 radical (unpaired) electrons. The summed E-state index contributed by atoms with van der Waals surface area (Å²) in [4.78, 5) is 40.4. The third-order valence-corrected chi connectivity index (χ3v) is 4.99. The van der Waals surface area contributed by atoms with Gasteiger partial charge in [-0.2, -0.15) is 0 Å². The maximum absolute atomic E-state index is 12.6. The summed E-state index contributed by atoms with van der Waals surface area (Å²) < 4.78 is 10.3. The first-order chi connectivity index (χ1) is 14.7. The Hall–Kier alpha value is -2.77. The van der Waals surface area contributed by atoms with Crippen LogP contribution in [-0.4, -0.2) is 73.1 Å². The SMILES string of the molecule is COc1ccc(CCC(=O)N2CCCN(C(=O)CCNC(=O)OC(C)(C)C)CC2)cc1. The van der Waals surface area contributed by atoms with E-state index >= 15 is 0 Å². The molecule has 1 N–H and O–H groups in total. The number of nitrogens with zero attached hydrogens (tertiary/aromatic N) is 2. The van der Waals surface area contributed by atoms with Crippen molar-refractivity contribution in [3.63, 3.8) is 0 Å². The summed E-state index contributed by atoms with van der Waals surface area (Å²) in [6.07, 6.45) is 1.56. The third-order valence-electron chi connectivity index (χ3n) is 4.99. The van der Waals surface area contributed by atoms with Gasteiger partial charge in [-0.05, 0) is 51.3 Å². The first kappa shape index (κ1) is 24.5. The molecular weight excluding hydrogens is 398 g/mol. The molecule has 1 fully saturated rings. The molecule has 0 unspecified atom stereocenters. The molecule has 0 spiro atoms. The quantitative estimate of drug-likeness (QED) is 0.714. The van der Waals surface area contributed by atoms with Crippen molar-refractivity contribution >= 4 is 17.9 Å². The van der Waals surface area contributed by atoms with Crippen molar-refractivity contribution in [3.8, 4) is 5.75 Å². The summed E-state index contributed by atoms with van der Waals surface area (Å²) in [7, 11) is 1.63. The molecule has 8 nitrogen and oxygen atoms in total. The second-order valence-electron chi connectivity index (χ2n) is 8.64. The zero-order valence-corrected chi connectivity index (χ0v) is 19.1. The van der Waals surface area contributed by atoms with Crippen molar-refractivity contribution in [2.75, 3.05) is 39.8 Å². The Morgan fingerprint density at radius 1 is 0.935 bits per heavy atom. The van der Waals surface area contributed by atoms with Crippen molar-refractivity contribution in [3.05, 3.63) is 29.8 Å². The minimum absolute atomic E-state index is 0.0245. The second-order valence-corrected chi connectivity index (χ2v) is 8.64. The molecule has 1 aliphatic heterocycles. The molecule has 2 rings (SSSR count). The summed E-state index contributed by atoms with van der Waals surface area (Å²) in [6, 6.07) is 7.74. The summed E-state index contributed by atoms with van der Waals surface area (Å²) >= 11 is 0. The van der Waals surface area contributed by atoms with Gasteiger partial charge in [-0.3, -0.25) is 9.59 Å². The Labute approximate surface area is 184 Å². The molecule has 1 saturated heterocycles. The monoisotopic (exact) mass is 433 g/mol. The van der Waals surface area contributed by atoms with E-state index in [1.165, 1.54) is 0 Å². The number of carbonyl (C=O) groups is 3. The van der Waals surface area contributed by atoms with E-state index in [1.807, 2.05) is 29.2 Å². The van der Waals surface area contributed by atoms with E-state index in [4.69, 9.17) is 9.47 Å². The number of hydrogen-bond donors (Lipinski definition) is 1. The normalized spacial score (nSPS) is 14.6. The maximum atomic E-state index is 12.6. The highest BCUT2D eigenvalue weighted by atomic mass is 16.6. The number of methoxy groups -OCH3 is 1. The van der Waals surface area contributed by atoms with Crippen LogP contribution in [-0.2, 0) is 20.7 Å². The zero-order chi connectivity index (χ0) is 22.9. The minimum Gasteiger partial charge on any atom is -0.497 e. The Morgan fingerprint density at radius 2 is 1.52 bits per heavy atom. The standard InChI is InChI=1S/C23H35N3O5/c1-23(2,3)31-22(29)24-13-12-21(28)26-15-5-14-25(16-17-26)20(27)11-8-18-6-9-19(30-4)10-7-18/h6-7,9-10H,5,8,11-17H2,1-4H3,(H,24,29). The zero-order valence-electron chi connectivity index (χ0n) is 19.1. The number of benzene rings is 1. The highest BCUT2D eigenvalue weighted by molar-refractivity contribution is 5.78. The van der Waals surface area contributed by atoms with Gasteiger partial charge in [0.15, 0.2) is 0 Å². The topological polar surface area (TPSA) is 88.2 Å². The van der Waals surface area contributed by atoms with E-state index in [0.29, 0.717) is 39.0 Å². The molecular formula is C23H35N3O5. The predicted molar refractivity (Wildman–Crippen MR) is 118 cm³/mol. The van der Waals surface area contributed by atoms with Gasteiger partial charge in [-0.25, -0.2) is 4.79 Å². The van der Waals surface area contributed by atoms with Gasteiger partial charge in [0.1, 0.15) is 11.4 Å². The lowest BCUT2D eigenvalue weighted by Crippen LogP contribution is -2.39. The number of carbonyl (C=O) groups excluding carboxylic acids is 3. The molecule has 3 amide bonds. The smallest absolute Gasteiger partial charge is 0.407 e. The number of hydrogen-bond acceptors (Lipinski definition) is 5. The number of alkyl carbamates (subject to hydrolysis) is 1. The van der Waals surface area contributed by atoms with Crippen LogP contribution in [0.5, 0.6) is 5.75 Å². The van der Waals surface area contributed by atoms with Crippen molar-refractivity contribution in [1.82, 2.24) is 15.1 Å². The molecule has 0 bridgehead atoms. The molecule has 1 aromatic rings. The summed E-state index contributed by atoms with van der Waals surface area (Å²) in [5.74, 6) is 0.883. The Bertz CT molecular complexity index is 743. The number of ether oxygens (including phenoxy) is 2. The molecule has 1 aromatic carbocycles. The van der Waals surface area contributed by atoms with Crippen molar-refractivity contribution in [1.29, 1.82) is 0 Å². The van der Waals surface area contributed by atoms with Gasteiger partial charge in [0.05, 0.1) is 7.11 Å². The average Bonchev–Trinajstić information content (AvgIpc) is 2.97. The fourth-order valence-electron chi connectivity index (χ4n) is 3.36. The van der Waals surface area contributed by atoms with Crippen LogP contribution >= 0.6 is 0 Å². The van der Waals surface area contributed by atoms with E-state index in [0.717, 1.165) is 17.7 Å². The first-order valence-electron chi connectivity index (χ1n) is 10.8. The van der Waals surface area contributed by atoms with Crippen LogP contribution < -0.4 is 10.1 Å². The van der Waals surface area contributed by atoms with Gasteiger partial charge in [-0.1, -0.05) is 12.1 Å². The number of aryl methyl sites for hydroxylation is 1. The number of amides is 3. The van der Waals surface area contributed by atoms with Crippen LogP contribution in [0.2, 0.25) is 0 Å². The van der Waals surface area contributed by atoms with Crippen LogP contribution in [0.1, 0.15) is 45.6 Å². The van der Waals surface area contributed by atoms with Crippen LogP contribution in [0.4, 0.5) is 4.79 Å². The van der Waals surface area contributed by atoms with E-state index in [2.05, 4.69) is 5.32 Å². The van der Waals surface area contributed by atoms with Crippen LogP contribution in [0, 0.1) is 0 Å². The fourth-order valence-corrected chi connectivity index (χ4v) is 3.36. The largest absolute Gasteiger partial charge is 0.497 e. The predicted octanol–water partition coefficient (Wildman–Crippen LogP) is 2.60.